The van der Waals surface area contributed by atoms with Crippen LogP contribution in [0.25, 0.3) is 32.4 Å². The summed E-state index contributed by atoms with van der Waals surface area (Å²) in [6.07, 6.45) is 3.51. The van der Waals surface area contributed by atoms with E-state index in [0.29, 0.717) is 0 Å². The molecule has 0 aliphatic heterocycles. The molecule has 0 spiro atoms. The fourth-order valence-corrected chi connectivity index (χ4v) is 4.03. The normalized spacial score (nSPS) is 14.5. The second kappa shape index (κ2) is 8.32. The van der Waals surface area contributed by atoms with E-state index in [-0.39, 0.29) is 10.1 Å². The third kappa shape index (κ3) is 3.46. The highest BCUT2D eigenvalue weighted by molar-refractivity contribution is 6.72. The number of carbonyl (C=O) groups is 2. The van der Waals surface area contributed by atoms with E-state index in [9.17, 15) is 9.59 Å². The predicted octanol–water partition coefficient (Wildman–Crippen LogP) is 6.45. The van der Waals surface area contributed by atoms with Gasteiger partial charge in [0.2, 0.25) is 11.6 Å². The number of allylic oxidation sites excluding steroid dienone is 4. The molecular formula is C22H10Cl4N2O2. The first-order chi connectivity index (χ1) is 14.4. The number of rotatable bonds is 0. The Bertz CT molecular complexity index is 1160. The van der Waals surface area contributed by atoms with Gasteiger partial charge in [-0.3, -0.25) is 9.59 Å². The molecule has 0 N–H and O–H groups in total. The third-order valence-electron chi connectivity index (χ3n) is 4.58. The van der Waals surface area contributed by atoms with Gasteiger partial charge in [0.1, 0.15) is 16.4 Å². The lowest BCUT2D eigenvalue weighted by Gasteiger charge is -2.08. The number of halogens is 4. The molecule has 148 valence electrons. The maximum Gasteiger partial charge on any atom is 0.247 e. The summed E-state index contributed by atoms with van der Waals surface area (Å²) in [6, 6.07) is 16.8. The van der Waals surface area contributed by atoms with Crippen molar-refractivity contribution < 1.29 is 9.59 Å². The maximum absolute atomic E-state index is 10.9. The molecule has 0 unspecified atom stereocenters. The number of aromatic nitrogens is 2. The molecule has 30 heavy (non-hydrogen) atoms. The van der Waals surface area contributed by atoms with E-state index in [1.54, 1.807) is 6.33 Å². The van der Waals surface area contributed by atoms with Crippen LogP contribution in [0.15, 0.2) is 81.2 Å². The van der Waals surface area contributed by atoms with E-state index in [4.69, 9.17) is 46.4 Å². The molecule has 0 saturated heterocycles. The van der Waals surface area contributed by atoms with Crippen LogP contribution in [0.3, 0.4) is 0 Å². The van der Waals surface area contributed by atoms with E-state index >= 15 is 0 Å². The summed E-state index contributed by atoms with van der Waals surface area (Å²) >= 11 is 21.7. The lowest BCUT2D eigenvalue weighted by Crippen LogP contribution is -2.19. The number of nitrogens with zero attached hydrogens (tertiary/aromatic N) is 2. The molecule has 0 atom stereocenters. The van der Waals surface area contributed by atoms with Crippen LogP contribution in [0.5, 0.6) is 0 Å². The second-order valence-electron chi connectivity index (χ2n) is 6.29. The number of Topliss-reactive ketones (excluding diaryl/α,β-unsaturated/α-hetero) is 2. The molecule has 1 aliphatic rings. The number of fused-ring (bicyclic) bond motifs is 6. The monoisotopic (exact) mass is 474 g/mol. The van der Waals surface area contributed by atoms with Crippen molar-refractivity contribution in [1.29, 1.82) is 0 Å². The molecule has 0 bridgehead atoms. The van der Waals surface area contributed by atoms with Gasteiger partial charge in [0.05, 0.1) is 15.6 Å². The third-order valence-corrected chi connectivity index (χ3v) is 6.35. The number of ketones is 2. The topological polar surface area (TPSA) is 59.9 Å². The lowest BCUT2D eigenvalue weighted by molar-refractivity contribution is -0.131. The molecular weight excluding hydrogens is 466 g/mol. The molecule has 5 rings (SSSR count). The first-order valence-corrected chi connectivity index (χ1v) is 10.1. The van der Waals surface area contributed by atoms with Gasteiger partial charge in [0, 0.05) is 17.0 Å². The van der Waals surface area contributed by atoms with Gasteiger partial charge in [-0.05, 0) is 16.2 Å². The number of hydrogen-bond acceptors (Lipinski definition) is 4. The van der Waals surface area contributed by atoms with Gasteiger partial charge in [-0.25, -0.2) is 9.97 Å². The first-order valence-electron chi connectivity index (χ1n) is 8.61. The molecule has 0 radical (unpaired) electrons. The molecule has 1 heterocycles. The highest BCUT2D eigenvalue weighted by Gasteiger charge is 2.31. The summed E-state index contributed by atoms with van der Waals surface area (Å²) in [4.78, 5) is 30.4. The van der Waals surface area contributed by atoms with E-state index in [1.807, 2.05) is 6.20 Å². The number of hydrogen-bond donors (Lipinski definition) is 0. The van der Waals surface area contributed by atoms with Gasteiger partial charge in [-0.1, -0.05) is 94.9 Å². The van der Waals surface area contributed by atoms with Gasteiger partial charge >= 0.3 is 0 Å². The number of benzene rings is 3. The molecule has 1 aromatic heterocycles. The van der Waals surface area contributed by atoms with E-state index in [0.717, 1.165) is 10.9 Å². The highest BCUT2D eigenvalue weighted by Crippen LogP contribution is 2.35. The van der Waals surface area contributed by atoms with Gasteiger partial charge in [-0.2, -0.15) is 0 Å². The smallest absolute Gasteiger partial charge is 0.247 e. The minimum absolute atomic E-state index is 0.187. The Labute approximate surface area is 190 Å². The minimum atomic E-state index is -0.934. The van der Waals surface area contributed by atoms with Crippen molar-refractivity contribution in [3.8, 4) is 0 Å². The van der Waals surface area contributed by atoms with E-state index < -0.39 is 21.6 Å². The summed E-state index contributed by atoms with van der Waals surface area (Å²) in [5, 5.41) is 4.87. The van der Waals surface area contributed by atoms with Crippen molar-refractivity contribution in [3.05, 3.63) is 81.2 Å². The van der Waals surface area contributed by atoms with E-state index in [1.165, 1.54) is 21.5 Å². The second-order valence-corrected chi connectivity index (χ2v) is 7.80. The summed E-state index contributed by atoms with van der Waals surface area (Å²) in [6.45, 7) is 0. The van der Waals surface area contributed by atoms with Crippen LogP contribution in [0.4, 0.5) is 0 Å². The van der Waals surface area contributed by atoms with Gasteiger partial charge in [-0.15, -0.1) is 0 Å². The Morgan fingerprint density at radius 3 is 1.53 bits per heavy atom. The zero-order valence-corrected chi connectivity index (χ0v) is 18.0. The molecule has 0 fully saturated rings. The van der Waals surface area contributed by atoms with E-state index in [2.05, 4.69) is 58.5 Å². The SMILES string of the molecule is O=C1C(=O)C(Cl)=C(Cl)C(Cl)=C1Cl.c1ccc2c(c1)c1ccccc1c1ncncc21. The van der Waals surface area contributed by atoms with Crippen molar-refractivity contribution in [2.24, 2.45) is 0 Å². The molecule has 4 aromatic rings. The highest BCUT2D eigenvalue weighted by atomic mass is 35.5. The molecule has 0 saturated carbocycles. The number of carbonyl (C=O) groups excluding carboxylic acids is 2. The van der Waals surface area contributed by atoms with Gasteiger partial charge < -0.3 is 0 Å². The van der Waals surface area contributed by atoms with Crippen molar-refractivity contribution in [2.75, 3.05) is 0 Å². The van der Waals surface area contributed by atoms with Crippen LogP contribution in [0.1, 0.15) is 0 Å². The Morgan fingerprint density at radius 2 is 1.00 bits per heavy atom. The van der Waals surface area contributed by atoms with Crippen molar-refractivity contribution in [1.82, 2.24) is 9.97 Å². The van der Waals surface area contributed by atoms with Crippen LogP contribution in [-0.4, -0.2) is 21.5 Å². The molecule has 0 amide bonds. The summed E-state index contributed by atoms with van der Waals surface area (Å²) in [7, 11) is 0. The fraction of sp³-hybridized carbons (Fsp3) is 0. The Morgan fingerprint density at radius 1 is 0.567 bits per heavy atom. The van der Waals surface area contributed by atoms with Crippen LogP contribution in [-0.2, 0) is 9.59 Å². The largest absolute Gasteiger partial charge is 0.284 e. The van der Waals surface area contributed by atoms with Crippen molar-refractivity contribution in [3.63, 3.8) is 0 Å². The van der Waals surface area contributed by atoms with Crippen molar-refractivity contribution in [2.45, 2.75) is 0 Å². The molecule has 3 aromatic carbocycles. The Balaban J connectivity index is 0.000000159. The average molecular weight is 476 g/mol. The predicted molar refractivity (Wildman–Crippen MR) is 122 cm³/mol. The quantitative estimate of drug-likeness (QED) is 0.166. The molecule has 4 nitrogen and oxygen atoms in total. The first kappa shape index (κ1) is 20.8. The van der Waals surface area contributed by atoms with Crippen LogP contribution < -0.4 is 0 Å². The fourth-order valence-electron chi connectivity index (χ4n) is 3.21. The lowest BCUT2D eigenvalue weighted by atomic mass is 9.98. The summed E-state index contributed by atoms with van der Waals surface area (Å²) in [5.74, 6) is -1.87. The minimum Gasteiger partial charge on any atom is -0.284 e. The Kier molecular flexibility index (Phi) is 5.76. The summed E-state index contributed by atoms with van der Waals surface area (Å²) in [5.41, 5.74) is 1.03. The molecule has 8 heteroatoms. The zero-order valence-electron chi connectivity index (χ0n) is 15.0. The summed E-state index contributed by atoms with van der Waals surface area (Å²) < 4.78 is 0. The standard InChI is InChI=1S/C16H10N2.C6Cl4O2/c1-2-7-13-11(5-1)12-6-3-4-8-14(12)16-15(13)9-17-10-18-16;7-1-2(8)4(10)6(12)5(11)3(1)9/h1-10H;. The van der Waals surface area contributed by atoms with Gasteiger partial charge in [0.15, 0.2) is 0 Å². The van der Waals surface area contributed by atoms with Crippen LogP contribution in [0, 0.1) is 0 Å². The van der Waals surface area contributed by atoms with Crippen LogP contribution >= 0.6 is 46.4 Å². The van der Waals surface area contributed by atoms with Gasteiger partial charge in [0.25, 0.3) is 0 Å². The average Bonchev–Trinajstić information content (AvgIpc) is 2.81. The zero-order chi connectivity index (χ0) is 21.4. The van der Waals surface area contributed by atoms with Crippen LogP contribution in [0.2, 0.25) is 0 Å². The Hall–Kier alpha value is -2.50. The maximum atomic E-state index is 10.9. The molecule has 1 aliphatic carbocycles. The van der Waals surface area contributed by atoms with Crippen molar-refractivity contribution >= 4 is 90.4 Å².